The summed E-state index contributed by atoms with van der Waals surface area (Å²) >= 11 is 0. The summed E-state index contributed by atoms with van der Waals surface area (Å²) in [4.78, 5) is 25.7. The van der Waals surface area contributed by atoms with E-state index in [1.165, 1.54) is 37.7 Å². The molecule has 42 heavy (non-hydrogen) atoms. The number of aliphatic hydroxyl groups is 1. The Labute approximate surface area is 250 Å². The topological polar surface area (TPSA) is 127 Å². The first-order chi connectivity index (χ1) is 20.6. The molecule has 1 aliphatic carbocycles. The predicted molar refractivity (Wildman–Crippen MR) is 168 cm³/mol. The summed E-state index contributed by atoms with van der Waals surface area (Å²) in [6, 6.07) is 11.0. The zero-order valence-electron chi connectivity index (χ0n) is 25.2. The minimum Gasteiger partial charge on any atom is -0.387 e. The molecule has 1 aromatic carbocycles. The Hall–Kier alpha value is -2.83. The van der Waals surface area contributed by atoms with Crippen LogP contribution >= 0.6 is 0 Å². The van der Waals surface area contributed by atoms with E-state index in [0.29, 0.717) is 18.3 Å². The van der Waals surface area contributed by atoms with Crippen LogP contribution in [0.2, 0.25) is 0 Å². The van der Waals surface area contributed by atoms with Crippen LogP contribution in [0, 0.1) is 0 Å². The highest BCUT2D eigenvalue weighted by Gasteiger charge is 2.20. The van der Waals surface area contributed by atoms with E-state index in [1.54, 1.807) is 6.07 Å². The molecule has 0 radical (unpaired) electrons. The average molecular weight is 583 g/mol. The molecule has 1 aromatic heterocycles. The van der Waals surface area contributed by atoms with Gasteiger partial charge in [0.05, 0.1) is 6.61 Å². The van der Waals surface area contributed by atoms with E-state index in [1.807, 2.05) is 6.92 Å². The Balaban J connectivity index is 1.23. The lowest BCUT2D eigenvalue weighted by atomic mass is 9.95. The van der Waals surface area contributed by atoms with Gasteiger partial charge in [-0.1, -0.05) is 43.5 Å². The quantitative estimate of drug-likeness (QED) is 0.178. The van der Waals surface area contributed by atoms with Crippen molar-refractivity contribution in [3.05, 3.63) is 41.5 Å². The van der Waals surface area contributed by atoms with Gasteiger partial charge in [0.1, 0.15) is 18.2 Å². The highest BCUT2D eigenvalue weighted by Crippen LogP contribution is 2.21. The molecule has 0 spiro atoms. The number of carbonyl (C=O) groups is 1. The van der Waals surface area contributed by atoms with Crippen LogP contribution in [0.3, 0.4) is 0 Å². The molecule has 0 atom stereocenters. The maximum absolute atomic E-state index is 11.9. The minimum atomic E-state index is -0.598. The molecular formula is C31H50N8O3. The number of ether oxygens (including phenoxy) is 1. The Kier molecular flexibility index (Phi) is 13.7. The maximum Gasteiger partial charge on any atom is 0.251 e. The third kappa shape index (κ3) is 11.1. The van der Waals surface area contributed by atoms with E-state index in [-0.39, 0.29) is 0 Å². The van der Waals surface area contributed by atoms with E-state index in [9.17, 15) is 9.90 Å². The Morgan fingerprint density at radius 2 is 1.74 bits per heavy atom. The number of aliphatic hydroxyl groups excluding tert-OH is 1. The van der Waals surface area contributed by atoms with Crippen molar-refractivity contribution in [2.24, 2.45) is 0 Å². The second kappa shape index (κ2) is 18.0. The van der Waals surface area contributed by atoms with Crippen LogP contribution in [0.1, 0.15) is 56.6 Å². The van der Waals surface area contributed by atoms with E-state index >= 15 is 0 Å². The van der Waals surface area contributed by atoms with Crippen LogP contribution in [-0.2, 0) is 22.6 Å². The van der Waals surface area contributed by atoms with E-state index in [0.717, 1.165) is 89.4 Å². The number of nitrogens with zero attached hydrogens (tertiary/aromatic N) is 4. The molecule has 1 saturated heterocycles. The van der Waals surface area contributed by atoms with Crippen molar-refractivity contribution in [3.63, 3.8) is 0 Å². The number of hydrogen-bond donors (Lipinski definition) is 5. The predicted octanol–water partition coefficient (Wildman–Crippen LogP) is 2.58. The number of hydrogen-bond acceptors (Lipinski definition) is 10. The largest absolute Gasteiger partial charge is 0.387 e. The van der Waals surface area contributed by atoms with Gasteiger partial charge >= 0.3 is 0 Å². The summed E-state index contributed by atoms with van der Waals surface area (Å²) in [6.45, 7) is 10.8. The maximum atomic E-state index is 11.9. The Morgan fingerprint density at radius 1 is 1.00 bits per heavy atom. The molecule has 0 unspecified atom stereocenters. The lowest BCUT2D eigenvalue weighted by Crippen LogP contribution is -2.47. The zero-order valence-corrected chi connectivity index (χ0v) is 25.2. The molecule has 1 saturated carbocycles. The third-order valence-corrected chi connectivity index (χ3v) is 7.95. The SMILES string of the molecule is CCOCCN1CCN(c2cc(NC(=O)CO)nc(NCc3ccc(CNCCCNC4CCCCC4)cc3)n2)CC1. The first-order valence-electron chi connectivity index (χ1n) is 15.7. The molecule has 2 heterocycles. The molecule has 2 fully saturated rings. The van der Waals surface area contributed by atoms with Crippen molar-refractivity contribution in [1.29, 1.82) is 0 Å². The van der Waals surface area contributed by atoms with Gasteiger partial charge in [0.15, 0.2) is 0 Å². The molecule has 232 valence electrons. The van der Waals surface area contributed by atoms with Crippen molar-refractivity contribution >= 4 is 23.5 Å². The summed E-state index contributed by atoms with van der Waals surface area (Å²) in [5, 5.41) is 22.5. The Bertz CT molecular complexity index is 1060. The first-order valence-corrected chi connectivity index (χ1v) is 15.7. The normalized spacial score (nSPS) is 16.5. The number of amides is 1. The van der Waals surface area contributed by atoms with Gasteiger partial charge in [-0.25, -0.2) is 0 Å². The summed E-state index contributed by atoms with van der Waals surface area (Å²) in [7, 11) is 0. The molecule has 4 rings (SSSR count). The van der Waals surface area contributed by atoms with E-state index in [4.69, 9.17) is 9.72 Å². The van der Waals surface area contributed by atoms with Gasteiger partial charge in [0.25, 0.3) is 5.91 Å². The van der Waals surface area contributed by atoms with Gasteiger partial charge in [-0.2, -0.15) is 9.97 Å². The smallest absolute Gasteiger partial charge is 0.251 e. The number of benzene rings is 1. The van der Waals surface area contributed by atoms with E-state index < -0.39 is 12.5 Å². The molecule has 2 aromatic rings. The van der Waals surface area contributed by atoms with Crippen LogP contribution in [0.4, 0.5) is 17.6 Å². The molecule has 11 nitrogen and oxygen atoms in total. The van der Waals surface area contributed by atoms with Gasteiger partial charge in [-0.15, -0.1) is 0 Å². The molecule has 1 aliphatic heterocycles. The van der Waals surface area contributed by atoms with Crippen LogP contribution in [0.5, 0.6) is 0 Å². The number of nitrogens with one attached hydrogen (secondary N) is 4. The van der Waals surface area contributed by atoms with Gasteiger partial charge in [0, 0.05) is 64.5 Å². The van der Waals surface area contributed by atoms with Crippen LogP contribution in [0.25, 0.3) is 0 Å². The summed E-state index contributed by atoms with van der Waals surface area (Å²) in [6.07, 6.45) is 7.95. The molecule has 2 aliphatic rings. The lowest BCUT2D eigenvalue weighted by molar-refractivity contribution is -0.118. The highest BCUT2D eigenvalue weighted by molar-refractivity contribution is 5.91. The summed E-state index contributed by atoms with van der Waals surface area (Å²) in [5.41, 5.74) is 2.37. The van der Waals surface area contributed by atoms with Gasteiger partial charge in [-0.3, -0.25) is 9.69 Å². The first kappa shape index (κ1) is 32.1. The van der Waals surface area contributed by atoms with Gasteiger partial charge in [-0.05, 0) is 50.4 Å². The molecule has 5 N–H and O–H groups in total. The fraction of sp³-hybridized carbons (Fsp3) is 0.645. The van der Waals surface area contributed by atoms with Gasteiger partial charge in [0.2, 0.25) is 5.95 Å². The highest BCUT2D eigenvalue weighted by atomic mass is 16.5. The summed E-state index contributed by atoms with van der Waals surface area (Å²) < 4.78 is 5.49. The fourth-order valence-corrected chi connectivity index (χ4v) is 5.48. The Morgan fingerprint density at radius 3 is 2.45 bits per heavy atom. The van der Waals surface area contributed by atoms with Crippen molar-refractivity contribution in [2.75, 3.05) is 81.2 Å². The van der Waals surface area contributed by atoms with Crippen LogP contribution in [-0.4, -0.2) is 97.6 Å². The van der Waals surface area contributed by atoms with Crippen LogP contribution < -0.4 is 26.2 Å². The second-order valence-corrected chi connectivity index (χ2v) is 11.2. The number of carbonyl (C=O) groups excluding carboxylic acids is 1. The molecule has 0 bridgehead atoms. The molecule has 1 amide bonds. The standard InChI is InChI=1S/C31H50N8O3/c1-2-42-20-19-38-15-17-39(18-16-38)29-21-28(35-30(41)24-40)36-31(37-29)34-23-26-11-9-25(10-12-26)22-32-13-6-14-33-27-7-4-3-5-8-27/h9-12,21,27,32-33,40H,2-8,13-20,22-24H2,1H3,(H2,34,35,36,37,41). The number of rotatable bonds is 17. The third-order valence-electron chi connectivity index (χ3n) is 7.95. The zero-order chi connectivity index (χ0) is 29.4. The van der Waals surface area contributed by atoms with Crippen molar-refractivity contribution in [2.45, 2.75) is 64.6 Å². The van der Waals surface area contributed by atoms with Crippen molar-refractivity contribution in [3.8, 4) is 0 Å². The minimum absolute atomic E-state index is 0.371. The van der Waals surface area contributed by atoms with E-state index in [2.05, 4.69) is 60.3 Å². The van der Waals surface area contributed by atoms with Gasteiger partial charge < -0.3 is 36.0 Å². The molecule has 11 heteroatoms. The monoisotopic (exact) mass is 582 g/mol. The van der Waals surface area contributed by atoms with Crippen LogP contribution in [0.15, 0.2) is 30.3 Å². The summed E-state index contributed by atoms with van der Waals surface area (Å²) in [5.74, 6) is 1.05. The molecular weight excluding hydrogens is 532 g/mol. The average Bonchev–Trinajstić information content (AvgIpc) is 3.03. The number of piperazine rings is 1. The lowest BCUT2D eigenvalue weighted by Gasteiger charge is -2.35. The van der Waals surface area contributed by atoms with Crippen molar-refractivity contribution < 1.29 is 14.6 Å². The fourth-order valence-electron chi connectivity index (χ4n) is 5.48. The number of aromatic nitrogens is 2. The van der Waals surface area contributed by atoms with Crippen molar-refractivity contribution in [1.82, 2.24) is 25.5 Å². The second-order valence-electron chi connectivity index (χ2n) is 11.2. The number of anilines is 3.